The van der Waals surface area contributed by atoms with Crippen molar-refractivity contribution in [3.8, 4) is 0 Å². The molecule has 1 saturated heterocycles. The predicted octanol–water partition coefficient (Wildman–Crippen LogP) is 1.68. The smallest absolute Gasteiger partial charge is 0.244 e. The number of nitrogens with one attached hydrogen (secondary N) is 1. The van der Waals surface area contributed by atoms with Crippen LogP contribution in [0.5, 0.6) is 0 Å². The molecule has 2 heterocycles. The number of hydrogen-bond acceptors (Lipinski definition) is 4. The lowest BCUT2D eigenvalue weighted by molar-refractivity contribution is -0.124. The zero-order valence-corrected chi connectivity index (χ0v) is 11.1. The molecule has 3 N–H and O–H groups in total. The number of carbonyl (C=O) groups is 1. The number of hydrogen-bond donors (Lipinski definition) is 2. The van der Waals surface area contributed by atoms with Gasteiger partial charge in [-0.3, -0.25) is 9.78 Å². The van der Waals surface area contributed by atoms with E-state index in [1.165, 1.54) is 0 Å². The van der Waals surface area contributed by atoms with Gasteiger partial charge in [0.25, 0.3) is 0 Å². The Morgan fingerprint density at radius 1 is 1.25 bits per heavy atom. The van der Waals surface area contributed by atoms with Crippen molar-refractivity contribution in [1.82, 2.24) is 4.98 Å². The topological polar surface area (TPSA) is 77.2 Å². The molecule has 0 aliphatic carbocycles. The summed E-state index contributed by atoms with van der Waals surface area (Å²) < 4.78 is 5.27. The molecule has 1 aromatic carbocycles. The average molecular weight is 271 g/mol. The largest absolute Gasteiger partial charge is 0.381 e. The van der Waals surface area contributed by atoms with E-state index in [-0.39, 0.29) is 5.91 Å². The van der Waals surface area contributed by atoms with Crippen LogP contribution in [-0.2, 0) is 9.53 Å². The number of benzene rings is 1. The van der Waals surface area contributed by atoms with Crippen LogP contribution in [0.2, 0.25) is 0 Å². The molecule has 1 fully saturated rings. The highest BCUT2D eigenvalue weighted by Gasteiger charge is 2.36. The van der Waals surface area contributed by atoms with Gasteiger partial charge in [-0.1, -0.05) is 6.07 Å². The highest BCUT2D eigenvalue weighted by Crippen LogP contribution is 2.24. The fraction of sp³-hybridized carbons (Fsp3) is 0.333. The first kappa shape index (κ1) is 13.0. The van der Waals surface area contributed by atoms with Gasteiger partial charge in [-0.05, 0) is 37.1 Å². The second-order valence-electron chi connectivity index (χ2n) is 5.10. The van der Waals surface area contributed by atoms with E-state index in [1.54, 1.807) is 6.20 Å². The van der Waals surface area contributed by atoms with Crippen LogP contribution in [0.4, 0.5) is 5.69 Å². The maximum absolute atomic E-state index is 12.4. The van der Waals surface area contributed by atoms with Crippen molar-refractivity contribution in [2.45, 2.75) is 18.4 Å². The molecule has 1 amide bonds. The zero-order chi connectivity index (χ0) is 14.0. The van der Waals surface area contributed by atoms with Crippen LogP contribution < -0.4 is 11.1 Å². The van der Waals surface area contributed by atoms with E-state index in [2.05, 4.69) is 10.3 Å². The first-order valence-electron chi connectivity index (χ1n) is 6.71. The van der Waals surface area contributed by atoms with Crippen LogP contribution in [0.1, 0.15) is 12.8 Å². The van der Waals surface area contributed by atoms with Gasteiger partial charge in [0.2, 0.25) is 5.91 Å². The molecular formula is C15H17N3O2. The monoisotopic (exact) mass is 271 g/mol. The van der Waals surface area contributed by atoms with Gasteiger partial charge in [0, 0.05) is 24.8 Å². The first-order valence-corrected chi connectivity index (χ1v) is 6.71. The second-order valence-corrected chi connectivity index (χ2v) is 5.10. The van der Waals surface area contributed by atoms with Crippen LogP contribution in [0, 0.1) is 0 Å². The van der Waals surface area contributed by atoms with Crippen molar-refractivity contribution in [1.29, 1.82) is 0 Å². The predicted molar refractivity (Wildman–Crippen MR) is 77.3 cm³/mol. The molecule has 0 radical (unpaired) electrons. The normalized spacial score (nSPS) is 17.9. The number of rotatable bonds is 2. The zero-order valence-electron chi connectivity index (χ0n) is 11.1. The second kappa shape index (κ2) is 5.19. The molecule has 0 unspecified atom stereocenters. The van der Waals surface area contributed by atoms with Crippen LogP contribution in [0.25, 0.3) is 10.9 Å². The van der Waals surface area contributed by atoms with Crippen molar-refractivity contribution in [2.75, 3.05) is 18.5 Å². The number of anilines is 1. The molecule has 104 valence electrons. The van der Waals surface area contributed by atoms with E-state index in [9.17, 15) is 4.79 Å². The van der Waals surface area contributed by atoms with E-state index in [0.29, 0.717) is 26.1 Å². The van der Waals surface area contributed by atoms with Crippen molar-refractivity contribution in [2.24, 2.45) is 5.73 Å². The Labute approximate surface area is 117 Å². The summed E-state index contributed by atoms with van der Waals surface area (Å²) in [5.41, 5.74) is 6.94. The SMILES string of the molecule is NC1(C(=O)Nc2cccc3ncccc23)CCOCC1. The molecule has 2 aromatic rings. The molecule has 3 rings (SSSR count). The third-order valence-corrected chi connectivity index (χ3v) is 3.73. The van der Waals surface area contributed by atoms with Gasteiger partial charge in [0.15, 0.2) is 0 Å². The van der Waals surface area contributed by atoms with Gasteiger partial charge < -0.3 is 15.8 Å². The van der Waals surface area contributed by atoms with Gasteiger partial charge in [0.05, 0.1) is 11.2 Å². The summed E-state index contributed by atoms with van der Waals surface area (Å²) in [4.78, 5) is 16.7. The summed E-state index contributed by atoms with van der Waals surface area (Å²) in [6, 6.07) is 9.44. The van der Waals surface area contributed by atoms with Gasteiger partial charge in [0.1, 0.15) is 5.54 Å². The fourth-order valence-corrected chi connectivity index (χ4v) is 2.42. The number of carbonyl (C=O) groups excluding carboxylic acids is 1. The minimum atomic E-state index is -0.845. The standard InChI is InChI=1S/C15H17N3O2/c16-15(6-9-20-10-7-15)14(19)18-13-5-1-4-12-11(13)3-2-8-17-12/h1-5,8H,6-7,9-10,16H2,(H,18,19). The average Bonchev–Trinajstić information content (AvgIpc) is 2.48. The quantitative estimate of drug-likeness (QED) is 0.871. The highest BCUT2D eigenvalue weighted by atomic mass is 16.5. The van der Waals surface area contributed by atoms with E-state index >= 15 is 0 Å². The van der Waals surface area contributed by atoms with Gasteiger partial charge in [-0.15, -0.1) is 0 Å². The molecule has 5 nitrogen and oxygen atoms in total. The summed E-state index contributed by atoms with van der Waals surface area (Å²) in [6.07, 6.45) is 2.82. The minimum Gasteiger partial charge on any atom is -0.381 e. The molecule has 0 atom stereocenters. The molecule has 1 aliphatic rings. The van der Waals surface area contributed by atoms with Crippen molar-refractivity contribution < 1.29 is 9.53 Å². The number of ether oxygens (including phenoxy) is 1. The molecule has 20 heavy (non-hydrogen) atoms. The third-order valence-electron chi connectivity index (χ3n) is 3.73. The molecule has 1 aliphatic heterocycles. The number of pyridine rings is 1. The van der Waals surface area contributed by atoms with E-state index < -0.39 is 5.54 Å². The van der Waals surface area contributed by atoms with Crippen molar-refractivity contribution in [3.63, 3.8) is 0 Å². The maximum Gasteiger partial charge on any atom is 0.244 e. The summed E-state index contributed by atoms with van der Waals surface area (Å²) in [5, 5.41) is 3.85. The number of aromatic nitrogens is 1. The summed E-state index contributed by atoms with van der Waals surface area (Å²) in [5.74, 6) is -0.155. The first-order chi connectivity index (χ1) is 9.69. The van der Waals surface area contributed by atoms with Gasteiger partial charge in [-0.2, -0.15) is 0 Å². The number of nitrogens with zero attached hydrogens (tertiary/aromatic N) is 1. The van der Waals surface area contributed by atoms with E-state index in [4.69, 9.17) is 10.5 Å². The molecule has 0 saturated carbocycles. The van der Waals surface area contributed by atoms with Crippen molar-refractivity contribution >= 4 is 22.5 Å². The lowest BCUT2D eigenvalue weighted by atomic mass is 9.90. The van der Waals surface area contributed by atoms with Crippen molar-refractivity contribution in [3.05, 3.63) is 36.5 Å². The van der Waals surface area contributed by atoms with Gasteiger partial charge >= 0.3 is 0 Å². The fourth-order valence-electron chi connectivity index (χ4n) is 2.42. The number of nitrogens with two attached hydrogens (primary N) is 1. The third kappa shape index (κ3) is 2.37. The Hall–Kier alpha value is -1.98. The lowest BCUT2D eigenvalue weighted by Gasteiger charge is -2.31. The maximum atomic E-state index is 12.4. The Kier molecular flexibility index (Phi) is 3.38. The lowest BCUT2D eigenvalue weighted by Crippen LogP contribution is -2.54. The Morgan fingerprint density at radius 2 is 2.05 bits per heavy atom. The molecule has 1 aromatic heterocycles. The van der Waals surface area contributed by atoms with Gasteiger partial charge in [-0.25, -0.2) is 0 Å². The Bertz CT molecular complexity index is 631. The Balaban J connectivity index is 1.87. The Morgan fingerprint density at radius 3 is 2.85 bits per heavy atom. The van der Waals surface area contributed by atoms with Crippen LogP contribution >= 0.6 is 0 Å². The van der Waals surface area contributed by atoms with E-state index in [0.717, 1.165) is 16.6 Å². The van der Waals surface area contributed by atoms with Crippen LogP contribution in [0.3, 0.4) is 0 Å². The summed E-state index contributed by atoms with van der Waals surface area (Å²) in [6.45, 7) is 1.06. The molecule has 0 bridgehead atoms. The van der Waals surface area contributed by atoms with E-state index in [1.807, 2.05) is 30.3 Å². The number of amides is 1. The molecule has 0 spiro atoms. The highest BCUT2D eigenvalue weighted by molar-refractivity contribution is 6.04. The number of fused-ring (bicyclic) bond motifs is 1. The van der Waals surface area contributed by atoms with Crippen LogP contribution in [0.15, 0.2) is 36.5 Å². The van der Waals surface area contributed by atoms with Crippen LogP contribution in [-0.4, -0.2) is 29.6 Å². The molecule has 5 heteroatoms. The summed E-state index contributed by atoms with van der Waals surface area (Å²) >= 11 is 0. The summed E-state index contributed by atoms with van der Waals surface area (Å²) in [7, 11) is 0. The molecular weight excluding hydrogens is 254 g/mol. The minimum absolute atomic E-state index is 0.155.